The summed E-state index contributed by atoms with van der Waals surface area (Å²) in [7, 11) is 0. The lowest BCUT2D eigenvalue weighted by Crippen LogP contribution is -2.31. The molecular weight excluding hydrogens is 326 g/mol. The summed E-state index contributed by atoms with van der Waals surface area (Å²) >= 11 is 0. The van der Waals surface area contributed by atoms with Crippen molar-refractivity contribution >= 4 is 11.8 Å². The van der Waals surface area contributed by atoms with Gasteiger partial charge in [0, 0.05) is 24.2 Å². The monoisotopic (exact) mass is 344 g/mol. The molecule has 2 aromatic carbocycles. The van der Waals surface area contributed by atoms with Gasteiger partial charge in [-0.15, -0.1) is 0 Å². The highest BCUT2D eigenvalue weighted by Gasteiger charge is 2.30. The van der Waals surface area contributed by atoms with Crippen LogP contribution in [0.15, 0.2) is 36.4 Å². The van der Waals surface area contributed by atoms with Crippen LogP contribution in [-0.2, 0) is 4.79 Å². The van der Waals surface area contributed by atoms with E-state index in [1.807, 2.05) is 0 Å². The number of carbonyl (C=O) groups is 2. The Labute approximate surface area is 144 Å². The van der Waals surface area contributed by atoms with Gasteiger partial charge in [0.05, 0.1) is 5.92 Å². The zero-order valence-corrected chi connectivity index (χ0v) is 13.8. The molecule has 4 nitrogen and oxygen atoms in total. The number of nitrogens with zero attached hydrogens (tertiary/aromatic N) is 1. The zero-order chi connectivity index (χ0) is 18.1. The molecule has 130 valence electrons. The number of amides is 2. The van der Waals surface area contributed by atoms with Gasteiger partial charge in [0.15, 0.2) is 0 Å². The highest BCUT2D eigenvalue weighted by Crippen LogP contribution is 2.28. The summed E-state index contributed by atoms with van der Waals surface area (Å²) in [5.41, 5.74) is 6.98. The van der Waals surface area contributed by atoms with Gasteiger partial charge in [-0.2, -0.15) is 0 Å². The van der Waals surface area contributed by atoms with Crippen molar-refractivity contribution in [3.05, 3.63) is 59.2 Å². The van der Waals surface area contributed by atoms with Crippen LogP contribution in [0.4, 0.5) is 8.78 Å². The van der Waals surface area contributed by atoms with Gasteiger partial charge in [0.25, 0.3) is 5.91 Å². The third-order valence-corrected chi connectivity index (χ3v) is 4.57. The molecule has 0 bridgehead atoms. The van der Waals surface area contributed by atoms with Crippen LogP contribution in [0.2, 0.25) is 0 Å². The Morgan fingerprint density at radius 1 is 1.12 bits per heavy atom. The molecule has 2 amide bonds. The Balaban J connectivity index is 1.85. The molecule has 0 spiro atoms. The summed E-state index contributed by atoms with van der Waals surface area (Å²) in [6.07, 6.45) is 0.524. The fourth-order valence-corrected chi connectivity index (χ4v) is 3.16. The number of nitrogens with two attached hydrogens (primary N) is 1. The van der Waals surface area contributed by atoms with Gasteiger partial charge in [-0.1, -0.05) is 12.1 Å². The van der Waals surface area contributed by atoms with Crippen LogP contribution in [0.3, 0.4) is 0 Å². The van der Waals surface area contributed by atoms with Gasteiger partial charge in [-0.25, -0.2) is 8.78 Å². The molecule has 1 saturated heterocycles. The Hall–Kier alpha value is -2.76. The minimum atomic E-state index is -0.550. The standard InChI is InChI=1S/C19H18F2N2O2/c1-11-8-14(20)3-5-15(11)16-4-2-12(9-17(16)21)19(25)23-7-6-13(10-23)18(22)24/h2-5,8-9,13H,6-7,10H2,1H3,(H2,22,24)/t13-/m1/s1. The number of hydrogen-bond donors (Lipinski definition) is 1. The maximum absolute atomic E-state index is 14.5. The van der Waals surface area contributed by atoms with Gasteiger partial charge in [-0.05, 0) is 48.7 Å². The van der Waals surface area contributed by atoms with Crippen molar-refractivity contribution in [1.82, 2.24) is 4.90 Å². The van der Waals surface area contributed by atoms with Crippen molar-refractivity contribution in [2.75, 3.05) is 13.1 Å². The Kier molecular flexibility index (Phi) is 4.53. The number of halogens is 2. The first kappa shape index (κ1) is 17.1. The van der Waals surface area contributed by atoms with E-state index < -0.39 is 11.7 Å². The van der Waals surface area contributed by atoms with Crippen LogP contribution in [-0.4, -0.2) is 29.8 Å². The molecule has 1 fully saturated rings. The third-order valence-electron chi connectivity index (χ3n) is 4.57. The summed E-state index contributed by atoms with van der Waals surface area (Å²) in [5.74, 6) is -2.04. The van der Waals surface area contributed by atoms with Crippen molar-refractivity contribution in [1.29, 1.82) is 0 Å². The smallest absolute Gasteiger partial charge is 0.253 e. The first-order chi connectivity index (χ1) is 11.9. The van der Waals surface area contributed by atoms with E-state index in [4.69, 9.17) is 5.73 Å². The molecule has 25 heavy (non-hydrogen) atoms. The fourth-order valence-electron chi connectivity index (χ4n) is 3.16. The van der Waals surface area contributed by atoms with E-state index in [1.54, 1.807) is 13.0 Å². The summed E-state index contributed by atoms with van der Waals surface area (Å²) in [5, 5.41) is 0. The minimum Gasteiger partial charge on any atom is -0.369 e. The van der Waals surface area contributed by atoms with Crippen molar-refractivity contribution in [3.8, 4) is 11.1 Å². The van der Waals surface area contributed by atoms with Crippen molar-refractivity contribution in [2.24, 2.45) is 11.7 Å². The number of primary amides is 1. The number of aryl methyl sites for hydroxylation is 1. The lowest BCUT2D eigenvalue weighted by Gasteiger charge is -2.16. The Bertz CT molecular complexity index is 851. The lowest BCUT2D eigenvalue weighted by molar-refractivity contribution is -0.121. The van der Waals surface area contributed by atoms with Crippen LogP contribution >= 0.6 is 0 Å². The summed E-state index contributed by atoms with van der Waals surface area (Å²) < 4.78 is 27.7. The van der Waals surface area contributed by atoms with Gasteiger partial charge < -0.3 is 10.6 Å². The molecule has 1 heterocycles. The topological polar surface area (TPSA) is 63.4 Å². The lowest BCUT2D eigenvalue weighted by atomic mass is 9.98. The molecule has 0 radical (unpaired) electrons. The maximum atomic E-state index is 14.5. The summed E-state index contributed by atoms with van der Waals surface area (Å²) in [6.45, 7) is 2.38. The maximum Gasteiger partial charge on any atom is 0.253 e. The van der Waals surface area contributed by atoms with E-state index >= 15 is 0 Å². The highest BCUT2D eigenvalue weighted by molar-refractivity contribution is 5.95. The fraction of sp³-hybridized carbons (Fsp3) is 0.263. The van der Waals surface area contributed by atoms with Gasteiger partial charge in [-0.3, -0.25) is 9.59 Å². The molecule has 2 aromatic rings. The molecule has 0 unspecified atom stereocenters. The van der Waals surface area contributed by atoms with E-state index in [1.165, 1.54) is 35.2 Å². The number of likely N-dealkylation sites (tertiary alicyclic amines) is 1. The number of hydrogen-bond acceptors (Lipinski definition) is 2. The van der Waals surface area contributed by atoms with Gasteiger partial charge in [0.1, 0.15) is 11.6 Å². The van der Waals surface area contributed by atoms with E-state index in [-0.39, 0.29) is 29.8 Å². The predicted molar refractivity (Wildman–Crippen MR) is 89.7 cm³/mol. The predicted octanol–water partition coefficient (Wildman–Crippen LogP) is 2.89. The first-order valence-corrected chi connectivity index (χ1v) is 8.01. The van der Waals surface area contributed by atoms with Crippen molar-refractivity contribution in [3.63, 3.8) is 0 Å². The van der Waals surface area contributed by atoms with E-state index in [2.05, 4.69) is 0 Å². The quantitative estimate of drug-likeness (QED) is 0.930. The number of rotatable bonds is 3. The molecular formula is C19H18F2N2O2. The van der Waals surface area contributed by atoms with E-state index in [0.29, 0.717) is 29.7 Å². The highest BCUT2D eigenvalue weighted by atomic mass is 19.1. The summed E-state index contributed by atoms with van der Waals surface area (Å²) in [6, 6.07) is 8.36. The van der Waals surface area contributed by atoms with Crippen LogP contribution < -0.4 is 5.73 Å². The largest absolute Gasteiger partial charge is 0.369 e. The zero-order valence-electron chi connectivity index (χ0n) is 13.8. The van der Waals surface area contributed by atoms with Crippen LogP contribution in [0, 0.1) is 24.5 Å². The third kappa shape index (κ3) is 3.38. The molecule has 3 rings (SSSR count). The Morgan fingerprint density at radius 3 is 2.44 bits per heavy atom. The van der Waals surface area contributed by atoms with Gasteiger partial charge in [0.2, 0.25) is 5.91 Å². The second-order valence-corrected chi connectivity index (χ2v) is 6.29. The SMILES string of the molecule is Cc1cc(F)ccc1-c1ccc(C(=O)N2CC[C@@H](C(N)=O)C2)cc1F. The molecule has 2 N–H and O–H groups in total. The molecule has 1 aliphatic rings. The molecule has 1 atom stereocenters. The Morgan fingerprint density at radius 2 is 1.84 bits per heavy atom. The molecule has 6 heteroatoms. The van der Waals surface area contributed by atoms with E-state index in [9.17, 15) is 18.4 Å². The van der Waals surface area contributed by atoms with Crippen LogP contribution in [0.5, 0.6) is 0 Å². The second kappa shape index (κ2) is 6.63. The number of carbonyl (C=O) groups excluding carboxylic acids is 2. The van der Waals surface area contributed by atoms with E-state index in [0.717, 1.165) is 0 Å². The molecule has 0 aromatic heterocycles. The molecule has 0 aliphatic carbocycles. The van der Waals surface area contributed by atoms with Gasteiger partial charge >= 0.3 is 0 Å². The average molecular weight is 344 g/mol. The number of benzene rings is 2. The van der Waals surface area contributed by atoms with Crippen molar-refractivity contribution < 1.29 is 18.4 Å². The summed E-state index contributed by atoms with van der Waals surface area (Å²) in [4.78, 5) is 25.2. The minimum absolute atomic E-state index is 0.214. The molecule has 0 saturated carbocycles. The average Bonchev–Trinajstić information content (AvgIpc) is 3.05. The first-order valence-electron chi connectivity index (χ1n) is 8.01. The van der Waals surface area contributed by atoms with Crippen LogP contribution in [0.25, 0.3) is 11.1 Å². The molecule has 1 aliphatic heterocycles. The van der Waals surface area contributed by atoms with Crippen LogP contribution in [0.1, 0.15) is 22.3 Å². The normalized spacial score (nSPS) is 16.9. The van der Waals surface area contributed by atoms with Crippen molar-refractivity contribution in [2.45, 2.75) is 13.3 Å². The second-order valence-electron chi connectivity index (χ2n) is 6.29.